The zero-order chi connectivity index (χ0) is 14.1. The lowest BCUT2D eigenvalue weighted by molar-refractivity contribution is 0.0589. The van der Waals surface area contributed by atoms with Crippen LogP contribution in [0.2, 0.25) is 0 Å². The fourth-order valence-corrected chi connectivity index (χ4v) is 2.81. The van der Waals surface area contributed by atoms with Crippen LogP contribution in [-0.2, 0) is 6.54 Å². The molecule has 20 heavy (non-hydrogen) atoms. The molecule has 0 radical (unpaired) electrons. The lowest BCUT2D eigenvalue weighted by Crippen LogP contribution is -2.37. The molecule has 1 aliphatic heterocycles. The Bertz CT molecular complexity index is 588. The highest BCUT2D eigenvalue weighted by Crippen LogP contribution is 2.31. The smallest absolute Gasteiger partial charge is 0.291 e. The Morgan fingerprint density at radius 1 is 1.45 bits per heavy atom. The van der Waals surface area contributed by atoms with Gasteiger partial charge < -0.3 is 13.9 Å². The van der Waals surface area contributed by atoms with Crippen molar-refractivity contribution in [2.75, 3.05) is 6.54 Å². The van der Waals surface area contributed by atoms with Crippen LogP contribution < -0.4 is 0 Å². The molecule has 106 valence electrons. The number of amides is 1. The van der Waals surface area contributed by atoms with Crippen molar-refractivity contribution < 1.29 is 9.21 Å². The standard InChI is InChI=1S/C14H18N4O2/c1-10(2)12-13-16-4-7-17(13)5-3-6-18(12)14(19)11-8-15-9-20-11/h4,7-10,12H,3,5-6H2,1-2H3. The Hall–Kier alpha value is -2.11. The summed E-state index contributed by atoms with van der Waals surface area (Å²) in [5.41, 5.74) is 0. The number of carbonyl (C=O) groups excluding carboxylic acids is 1. The summed E-state index contributed by atoms with van der Waals surface area (Å²) in [6.07, 6.45) is 7.44. The minimum Gasteiger partial charge on any atom is -0.438 e. The van der Waals surface area contributed by atoms with E-state index in [2.05, 4.69) is 28.4 Å². The quantitative estimate of drug-likeness (QED) is 0.841. The predicted octanol–water partition coefficient (Wildman–Crippen LogP) is 2.11. The van der Waals surface area contributed by atoms with Gasteiger partial charge in [0, 0.05) is 25.5 Å². The Labute approximate surface area is 117 Å². The third kappa shape index (κ3) is 2.11. The molecule has 0 saturated carbocycles. The molecule has 1 atom stereocenters. The van der Waals surface area contributed by atoms with Gasteiger partial charge in [0.2, 0.25) is 5.76 Å². The number of imidazole rings is 1. The summed E-state index contributed by atoms with van der Waals surface area (Å²) in [7, 11) is 0. The van der Waals surface area contributed by atoms with Crippen molar-refractivity contribution in [1.29, 1.82) is 0 Å². The summed E-state index contributed by atoms with van der Waals surface area (Å²) in [6.45, 7) is 5.80. The normalized spacial score (nSPS) is 18.9. The van der Waals surface area contributed by atoms with E-state index in [1.54, 1.807) is 6.20 Å². The number of aryl methyl sites for hydroxylation is 1. The van der Waals surface area contributed by atoms with Crippen LogP contribution in [0.5, 0.6) is 0 Å². The molecule has 0 spiro atoms. The third-order valence-electron chi connectivity index (χ3n) is 3.68. The van der Waals surface area contributed by atoms with Gasteiger partial charge in [-0.05, 0) is 12.3 Å². The van der Waals surface area contributed by atoms with Gasteiger partial charge in [-0.1, -0.05) is 13.8 Å². The van der Waals surface area contributed by atoms with Gasteiger partial charge >= 0.3 is 0 Å². The van der Waals surface area contributed by atoms with E-state index in [-0.39, 0.29) is 23.6 Å². The molecule has 0 saturated heterocycles. The predicted molar refractivity (Wildman–Crippen MR) is 72.0 cm³/mol. The van der Waals surface area contributed by atoms with E-state index in [9.17, 15) is 4.79 Å². The maximum atomic E-state index is 12.6. The first-order chi connectivity index (χ1) is 9.68. The van der Waals surface area contributed by atoms with Gasteiger partial charge in [0.1, 0.15) is 5.82 Å². The molecule has 1 aliphatic rings. The van der Waals surface area contributed by atoms with Gasteiger partial charge in [-0.3, -0.25) is 4.79 Å². The van der Waals surface area contributed by atoms with Crippen LogP contribution in [0.15, 0.2) is 29.4 Å². The van der Waals surface area contributed by atoms with Gasteiger partial charge in [0.15, 0.2) is 6.39 Å². The molecule has 2 aromatic rings. The molecular weight excluding hydrogens is 256 g/mol. The SMILES string of the molecule is CC(C)C1c2nccn2CCCN1C(=O)c1cnco1. The molecule has 0 aliphatic carbocycles. The molecular formula is C14H18N4O2. The maximum absolute atomic E-state index is 12.6. The largest absolute Gasteiger partial charge is 0.438 e. The van der Waals surface area contributed by atoms with E-state index in [0.717, 1.165) is 18.8 Å². The minimum atomic E-state index is -0.113. The first-order valence-electron chi connectivity index (χ1n) is 6.89. The van der Waals surface area contributed by atoms with Crippen molar-refractivity contribution in [3.63, 3.8) is 0 Å². The lowest BCUT2D eigenvalue weighted by atomic mass is 10.0. The van der Waals surface area contributed by atoms with Crippen molar-refractivity contribution in [3.05, 3.63) is 36.6 Å². The van der Waals surface area contributed by atoms with E-state index >= 15 is 0 Å². The molecule has 6 nitrogen and oxygen atoms in total. The van der Waals surface area contributed by atoms with Crippen molar-refractivity contribution in [1.82, 2.24) is 19.4 Å². The number of oxazole rings is 1. The Balaban J connectivity index is 1.99. The summed E-state index contributed by atoms with van der Waals surface area (Å²) >= 11 is 0. The zero-order valence-corrected chi connectivity index (χ0v) is 11.7. The summed E-state index contributed by atoms with van der Waals surface area (Å²) < 4.78 is 7.29. The summed E-state index contributed by atoms with van der Waals surface area (Å²) in [5.74, 6) is 1.40. The maximum Gasteiger partial charge on any atom is 0.291 e. The molecule has 2 aromatic heterocycles. The van der Waals surface area contributed by atoms with E-state index in [0.29, 0.717) is 6.54 Å². The van der Waals surface area contributed by atoms with E-state index in [1.807, 2.05) is 11.1 Å². The summed E-state index contributed by atoms with van der Waals surface area (Å²) in [5, 5.41) is 0. The van der Waals surface area contributed by atoms with Gasteiger partial charge in [0.25, 0.3) is 5.91 Å². The summed E-state index contributed by atoms with van der Waals surface area (Å²) in [4.78, 5) is 22.8. The fourth-order valence-electron chi connectivity index (χ4n) is 2.81. The molecule has 0 fully saturated rings. The van der Waals surface area contributed by atoms with Crippen LogP contribution >= 0.6 is 0 Å². The van der Waals surface area contributed by atoms with E-state index in [1.165, 1.54) is 12.6 Å². The molecule has 0 aromatic carbocycles. The number of aromatic nitrogens is 3. The highest BCUT2D eigenvalue weighted by molar-refractivity contribution is 5.91. The molecule has 1 amide bonds. The second kappa shape index (κ2) is 5.11. The number of nitrogens with zero attached hydrogens (tertiary/aromatic N) is 4. The Morgan fingerprint density at radius 3 is 3.00 bits per heavy atom. The lowest BCUT2D eigenvalue weighted by Gasteiger charge is -2.31. The van der Waals surface area contributed by atoms with E-state index < -0.39 is 0 Å². The zero-order valence-electron chi connectivity index (χ0n) is 11.7. The van der Waals surface area contributed by atoms with Crippen molar-refractivity contribution in [2.45, 2.75) is 32.9 Å². The first-order valence-corrected chi connectivity index (χ1v) is 6.89. The van der Waals surface area contributed by atoms with Crippen molar-refractivity contribution in [2.24, 2.45) is 5.92 Å². The van der Waals surface area contributed by atoms with E-state index in [4.69, 9.17) is 4.42 Å². The van der Waals surface area contributed by atoms with Gasteiger partial charge in [-0.25, -0.2) is 9.97 Å². The molecule has 3 rings (SSSR count). The van der Waals surface area contributed by atoms with Crippen molar-refractivity contribution in [3.8, 4) is 0 Å². The van der Waals surface area contributed by atoms with Gasteiger partial charge in [-0.15, -0.1) is 0 Å². The number of carbonyl (C=O) groups is 1. The van der Waals surface area contributed by atoms with Crippen LogP contribution in [0.1, 0.15) is 42.7 Å². The minimum absolute atomic E-state index is 0.0369. The van der Waals surface area contributed by atoms with Crippen LogP contribution in [0.4, 0.5) is 0 Å². The number of hydrogen-bond donors (Lipinski definition) is 0. The van der Waals surface area contributed by atoms with Crippen LogP contribution in [0.25, 0.3) is 0 Å². The monoisotopic (exact) mass is 274 g/mol. The van der Waals surface area contributed by atoms with Crippen molar-refractivity contribution >= 4 is 5.91 Å². The first kappa shape index (κ1) is 12.9. The van der Waals surface area contributed by atoms with Crippen LogP contribution in [-0.4, -0.2) is 31.9 Å². The fraction of sp³-hybridized carbons (Fsp3) is 0.500. The molecule has 3 heterocycles. The van der Waals surface area contributed by atoms with Gasteiger partial charge in [0.05, 0.1) is 12.2 Å². The van der Waals surface area contributed by atoms with Gasteiger partial charge in [-0.2, -0.15) is 0 Å². The van der Waals surface area contributed by atoms with Crippen LogP contribution in [0.3, 0.4) is 0 Å². The second-order valence-corrected chi connectivity index (χ2v) is 5.39. The Morgan fingerprint density at radius 2 is 2.30 bits per heavy atom. The van der Waals surface area contributed by atoms with Crippen LogP contribution in [0, 0.1) is 5.92 Å². The number of fused-ring (bicyclic) bond motifs is 1. The second-order valence-electron chi connectivity index (χ2n) is 5.39. The highest BCUT2D eigenvalue weighted by Gasteiger charge is 2.34. The Kier molecular flexibility index (Phi) is 3.30. The molecule has 0 N–H and O–H groups in total. The molecule has 0 bridgehead atoms. The highest BCUT2D eigenvalue weighted by atomic mass is 16.3. The average Bonchev–Trinajstić information content (AvgIpc) is 3.06. The molecule has 6 heteroatoms. The topological polar surface area (TPSA) is 64.2 Å². The number of rotatable bonds is 2. The summed E-state index contributed by atoms with van der Waals surface area (Å²) in [6, 6.07) is -0.0369. The third-order valence-corrected chi connectivity index (χ3v) is 3.68. The number of hydrogen-bond acceptors (Lipinski definition) is 4. The average molecular weight is 274 g/mol. The molecule has 1 unspecified atom stereocenters.